The maximum atomic E-state index is 12.4. The molecule has 0 unspecified atom stereocenters. The number of anilines is 3. The van der Waals surface area contributed by atoms with Crippen molar-refractivity contribution in [1.29, 1.82) is 0 Å². The van der Waals surface area contributed by atoms with E-state index in [2.05, 4.69) is 30.7 Å². The summed E-state index contributed by atoms with van der Waals surface area (Å²) in [6, 6.07) is 10.4. The number of aromatic nitrogens is 5. The van der Waals surface area contributed by atoms with E-state index in [0.29, 0.717) is 40.4 Å². The molecule has 0 aliphatic carbocycles. The Kier molecular flexibility index (Phi) is 5.74. The van der Waals surface area contributed by atoms with Crippen LogP contribution < -0.4 is 20.1 Å². The number of ether oxygens (including phenoxy) is 2. The smallest absolute Gasteiger partial charge is 0.256 e. The number of pyridine rings is 2. The van der Waals surface area contributed by atoms with Crippen molar-refractivity contribution in [2.24, 2.45) is 0 Å². The summed E-state index contributed by atoms with van der Waals surface area (Å²) >= 11 is 0. The SMILES string of the molecule is COc1cc(-c2ccn3nc(Nc4cccc(NCC(F)F)n4)cc3n2)cnc1OC. The summed E-state index contributed by atoms with van der Waals surface area (Å²) in [6.45, 7) is -0.470. The van der Waals surface area contributed by atoms with Crippen LogP contribution in [0.25, 0.3) is 16.9 Å². The number of fused-ring (bicyclic) bond motifs is 1. The maximum absolute atomic E-state index is 12.4. The lowest BCUT2D eigenvalue weighted by molar-refractivity contribution is 0.163. The first-order valence-corrected chi connectivity index (χ1v) is 9.26. The number of methoxy groups -OCH3 is 2. The van der Waals surface area contributed by atoms with Gasteiger partial charge in [0.2, 0.25) is 0 Å². The number of nitrogens with one attached hydrogen (secondary N) is 2. The average Bonchev–Trinajstić information content (AvgIpc) is 3.18. The van der Waals surface area contributed by atoms with Gasteiger partial charge in [-0.2, -0.15) is 0 Å². The summed E-state index contributed by atoms with van der Waals surface area (Å²) in [6.07, 6.45) is 0.962. The fourth-order valence-corrected chi connectivity index (χ4v) is 2.89. The lowest BCUT2D eigenvalue weighted by atomic mass is 10.2. The highest BCUT2D eigenvalue weighted by Crippen LogP contribution is 2.29. The van der Waals surface area contributed by atoms with E-state index < -0.39 is 13.0 Å². The topological polar surface area (TPSA) is 98.5 Å². The Hall–Kier alpha value is -4.02. The minimum atomic E-state index is -2.46. The van der Waals surface area contributed by atoms with Crippen LogP contribution in [0.15, 0.2) is 48.8 Å². The van der Waals surface area contributed by atoms with Crippen LogP contribution in [0.1, 0.15) is 0 Å². The quantitative estimate of drug-likeness (QED) is 0.440. The van der Waals surface area contributed by atoms with Gasteiger partial charge in [-0.15, -0.1) is 5.10 Å². The Morgan fingerprint density at radius 1 is 1.03 bits per heavy atom. The van der Waals surface area contributed by atoms with Crippen LogP contribution in [-0.2, 0) is 0 Å². The summed E-state index contributed by atoms with van der Waals surface area (Å²) in [5.41, 5.74) is 2.04. The third kappa shape index (κ3) is 4.60. The molecule has 2 N–H and O–H groups in total. The van der Waals surface area contributed by atoms with Gasteiger partial charge < -0.3 is 20.1 Å². The fourth-order valence-electron chi connectivity index (χ4n) is 2.89. The Labute approximate surface area is 176 Å². The zero-order valence-corrected chi connectivity index (χ0v) is 16.7. The van der Waals surface area contributed by atoms with E-state index in [1.165, 1.54) is 7.11 Å². The predicted molar refractivity (Wildman–Crippen MR) is 111 cm³/mol. The van der Waals surface area contributed by atoms with Crippen molar-refractivity contribution in [2.45, 2.75) is 6.43 Å². The molecule has 0 atom stereocenters. The van der Waals surface area contributed by atoms with Crippen LogP contribution in [0.2, 0.25) is 0 Å². The Morgan fingerprint density at radius 2 is 1.87 bits per heavy atom. The van der Waals surface area contributed by atoms with Crippen LogP contribution in [0, 0.1) is 0 Å². The number of hydrogen-bond donors (Lipinski definition) is 2. The first-order chi connectivity index (χ1) is 15.1. The van der Waals surface area contributed by atoms with Crippen molar-refractivity contribution >= 4 is 23.1 Å². The highest BCUT2D eigenvalue weighted by atomic mass is 19.3. The molecule has 0 spiro atoms. The highest BCUT2D eigenvalue weighted by molar-refractivity contribution is 5.65. The molecule has 4 heterocycles. The molecular weight excluding hydrogens is 408 g/mol. The average molecular weight is 427 g/mol. The molecule has 0 saturated carbocycles. The molecule has 9 nitrogen and oxygen atoms in total. The van der Waals surface area contributed by atoms with E-state index in [4.69, 9.17) is 9.47 Å². The van der Waals surface area contributed by atoms with Crippen LogP contribution in [-0.4, -0.2) is 51.8 Å². The van der Waals surface area contributed by atoms with Gasteiger partial charge in [0.1, 0.15) is 11.6 Å². The summed E-state index contributed by atoms with van der Waals surface area (Å²) in [5.74, 6) is 2.21. The van der Waals surface area contributed by atoms with E-state index in [-0.39, 0.29) is 0 Å². The minimum absolute atomic E-state index is 0.343. The number of hydrogen-bond acceptors (Lipinski definition) is 8. The van der Waals surface area contributed by atoms with E-state index in [1.54, 1.807) is 60.4 Å². The normalized spacial score (nSPS) is 11.0. The molecule has 0 fully saturated rings. The molecule has 0 saturated heterocycles. The van der Waals surface area contributed by atoms with Gasteiger partial charge in [-0.05, 0) is 24.3 Å². The highest BCUT2D eigenvalue weighted by Gasteiger charge is 2.11. The van der Waals surface area contributed by atoms with Crippen molar-refractivity contribution in [3.8, 4) is 22.9 Å². The second-order valence-corrected chi connectivity index (χ2v) is 6.39. The molecular formula is C20H19F2N7O2. The third-order valence-electron chi connectivity index (χ3n) is 4.29. The van der Waals surface area contributed by atoms with Crippen molar-refractivity contribution < 1.29 is 18.3 Å². The van der Waals surface area contributed by atoms with Crippen molar-refractivity contribution in [3.05, 3.63) is 48.8 Å². The number of nitrogens with zero attached hydrogens (tertiary/aromatic N) is 5. The van der Waals surface area contributed by atoms with E-state index in [0.717, 1.165) is 5.56 Å². The van der Waals surface area contributed by atoms with Crippen LogP contribution in [0.4, 0.5) is 26.2 Å². The Morgan fingerprint density at radius 3 is 2.65 bits per heavy atom. The van der Waals surface area contributed by atoms with Crippen LogP contribution >= 0.6 is 0 Å². The van der Waals surface area contributed by atoms with E-state index >= 15 is 0 Å². The first-order valence-electron chi connectivity index (χ1n) is 9.26. The zero-order chi connectivity index (χ0) is 21.8. The molecule has 4 aromatic heterocycles. The molecule has 31 heavy (non-hydrogen) atoms. The van der Waals surface area contributed by atoms with Crippen LogP contribution in [0.3, 0.4) is 0 Å². The molecule has 0 aromatic carbocycles. The molecule has 160 valence electrons. The second-order valence-electron chi connectivity index (χ2n) is 6.39. The minimum Gasteiger partial charge on any atom is -0.491 e. The summed E-state index contributed by atoms with van der Waals surface area (Å²) < 4.78 is 36.8. The van der Waals surface area contributed by atoms with Gasteiger partial charge in [0.25, 0.3) is 12.3 Å². The van der Waals surface area contributed by atoms with Crippen LogP contribution in [0.5, 0.6) is 11.6 Å². The van der Waals surface area contributed by atoms with Gasteiger partial charge in [-0.3, -0.25) is 0 Å². The standard InChI is InChI=1S/C20H19F2N7O2/c1-30-14-8-12(10-24-20(14)31-2)13-6-7-29-19(25-13)9-18(28-29)27-17-5-3-4-16(26-17)23-11-15(21)22/h3-10,15H,11H2,1-2H3,(H2,23,26,27,28). The third-order valence-corrected chi connectivity index (χ3v) is 4.29. The van der Waals surface area contributed by atoms with Crippen molar-refractivity contribution in [2.75, 3.05) is 31.4 Å². The number of alkyl halides is 2. The van der Waals surface area contributed by atoms with Crippen molar-refractivity contribution in [1.82, 2.24) is 24.6 Å². The maximum Gasteiger partial charge on any atom is 0.256 e. The summed E-state index contributed by atoms with van der Waals surface area (Å²) in [4.78, 5) is 13.1. The molecule has 0 aliphatic rings. The van der Waals surface area contributed by atoms with Gasteiger partial charge in [0, 0.05) is 24.0 Å². The summed E-state index contributed by atoms with van der Waals surface area (Å²) in [7, 11) is 3.07. The summed E-state index contributed by atoms with van der Waals surface area (Å²) in [5, 5.41) is 10.0. The van der Waals surface area contributed by atoms with Gasteiger partial charge >= 0.3 is 0 Å². The van der Waals surface area contributed by atoms with Gasteiger partial charge in [0.15, 0.2) is 17.2 Å². The molecule has 0 radical (unpaired) electrons. The predicted octanol–water partition coefficient (Wildman–Crippen LogP) is 3.62. The van der Waals surface area contributed by atoms with E-state index in [1.807, 2.05) is 0 Å². The van der Waals surface area contributed by atoms with E-state index in [9.17, 15) is 8.78 Å². The van der Waals surface area contributed by atoms with Gasteiger partial charge in [0.05, 0.1) is 26.5 Å². The molecule has 11 heteroatoms. The monoisotopic (exact) mass is 427 g/mol. The van der Waals surface area contributed by atoms with Gasteiger partial charge in [-0.1, -0.05) is 6.07 Å². The van der Waals surface area contributed by atoms with Crippen molar-refractivity contribution in [3.63, 3.8) is 0 Å². The molecule has 0 amide bonds. The largest absolute Gasteiger partial charge is 0.491 e. The molecule has 0 bridgehead atoms. The Bertz CT molecular complexity index is 1200. The number of rotatable bonds is 8. The zero-order valence-electron chi connectivity index (χ0n) is 16.7. The Balaban J connectivity index is 1.56. The van der Waals surface area contributed by atoms with Gasteiger partial charge in [-0.25, -0.2) is 28.2 Å². The second kappa shape index (κ2) is 8.78. The lowest BCUT2D eigenvalue weighted by Crippen LogP contribution is -2.11. The first kappa shape index (κ1) is 20.3. The molecule has 4 rings (SSSR count). The number of halogens is 2. The molecule has 0 aliphatic heterocycles. The fraction of sp³-hybridized carbons (Fsp3) is 0.200. The molecule has 4 aromatic rings. The lowest BCUT2D eigenvalue weighted by Gasteiger charge is -2.08.